The molecule has 0 spiro atoms. The van der Waals surface area contributed by atoms with Crippen LogP contribution in [0, 0.1) is 6.92 Å². The molecule has 2 aromatic carbocycles. The van der Waals surface area contributed by atoms with Crippen molar-refractivity contribution >= 4 is 12.2 Å². The fourth-order valence-electron chi connectivity index (χ4n) is 2.30. The van der Waals surface area contributed by atoms with Gasteiger partial charge in [-0.25, -0.2) is 4.68 Å². The number of aryl methyl sites for hydroxylation is 1. The molecule has 0 aliphatic carbocycles. The molecule has 0 radical (unpaired) electrons. The Hall–Kier alpha value is -3.28. The van der Waals surface area contributed by atoms with Crippen LogP contribution in [-0.4, -0.2) is 26.4 Å². The minimum atomic E-state index is -0.0868. The van der Waals surface area contributed by atoms with Crippen LogP contribution in [0.25, 0.3) is 16.9 Å². The predicted molar refractivity (Wildman–Crippen MR) is 86.8 cm³/mol. The van der Waals surface area contributed by atoms with Crippen LogP contribution in [0.2, 0.25) is 0 Å². The third-order valence-corrected chi connectivity index (χ3v) is 3.45. The van der Waals surface area contributed by atoms with E-state index in [9.17, 15) is 15.0 Å². The van der Waals surface area contributed by atoms with Crippen molar-refractivity contribution in [2.45, 2.75) is 6.92 Å². The van der Waals surface area contributed by atoms with E-state index in [0.29, 0.717) is 23.5 Å². The van der Waals surface area contributed by atoms with Crippen molar-refractivity contribution in [3.8, 4) is 28.4 Å². The van der Waals surface area contributed by atoms with Gasteiger partial charge < -0.3 is 15.5 Å². The molecule has 0 aliphatic rings. The molecule has 0 unspecified atom stereocenters. The zero-order chi connectivity index (χ0) is 16.4. The van der Waals surface area contributed by atoms with E-state index < -0.39 is 0 Å². The molecule has 116 valence electrons. The third-order valence-electron chi connectivity index (χ3n) is 3.45. The number of hydrogen-bond acceptors (Lipinski definition) is 4. The Labute approximate surface area is 132 Å². The van der Waals surface area contributed by atoms with Gasteiger partial charge in [-0.2, -0.15) is 5.10 Å². The number of hydrogen-bond donors (Lipinski definition) is 3. The highest BCUT2D eigenvalue weighted by molar-refractivity contribution is 5.76. The van der Waals surface area contributed by atoms with Crippen molar-refractivity contribution in [2.75, 3.05) is 5.32 Å². The van der Waals surface area contributed by atoms with E-state index >= 15 is 0 Å². The molecule has 1 aromatic heterocycles. The second-order valence-corrected chi connectivity index (χ2v) is 5.13. The van der Waals surface area contributed by atoms with Crippen LogP contribution in [0.5, 0.6) is 11.5 Å². The molecule has 1 heterocycles. The van der Waals surface area contributed by atoms with Gasteiger partial charge in [0.2, 0.25) is 6.41 Å². The van der Waals surface area contributed by atoms with Gasteiger partial charge in [-0.05, 0) is 31.2 Å². The summed E-state index contributed by atoms with van der Waals surface area (Å²) in [7, 11) is 0. The zero-order valence-electron chi connectivity index (χ0n) is 12.4. The van der Waals surface area contributed by atoms with Gasteiger partial charge in [0.25, 0.3) is 0 Å². The van der Waals surface area contributed by atoms with E-state index in [4.69, 9.17) is 0 Å². The lowest BCUT2D eigenvalue weighted by Gasteiger charge is -2.06. The monoisotopic (exact) mass is 309 g/mol. The normalized spacial score (nSPS) is 10.5. The first-order chi connectivity index (χ1) is 11.1. The van der Waals surface area contributed by atoms with E-state index in [-0.39, 0.29) is 11.5 Å². The predicted octanol–water partition coefficient (Wildman–Crippen LogP) is 2.83. The van der Waals surface area contributed by atoms with Gasteiger partial charge in [0.05, 0.1) is 11.4 Å². The summed E-state index contributed by atoms with van der Waals surface area (Å²) in [6.07, 6.45) is 0.572. The quantitative estimate of drug-likeness (QED) is 0.647. The van der Waals surface area contributed by atoms with E-state index in [1.54, 1.807) is 16.8 Å². The Bertz CT molecular complexity index is 854. The molecule has 3 N–H and O–H groups in total. The number of nitrogens with one attached hydrogen (secondary N) is 1. The molecule has 0 atom stereocenters. The Kier molecular flexibility index (Phi) is 3.72. The SMILES string of the molecule is Cc1ccc(-n2nc(-c3ccc(O)cc3O)cc2NC=O)cc1. The average molecular weight is 309 g/mol. The third kappa shape index (κ3) is 2.87. The molecule has 0 fully saturated rings. The molecule has 3 aromatic rings. The second kappa shape index (κ2) is 5.84. The maximum atomic E-state index is 10.8. The van der Waals surface area contributed by atoms with E-state index in [0.717, 1.165) is 11.3 Å². The van der Waals surface area contributed by atoms with Crippen LogP contribution in [0.3, 0.4) is 0 Å². The highest BCUT2D eigenvalue weighted by Crippen LogP contribution is 2.33. The first-order valence-corrected chi connectivity index (χ1v) is 6.98. The van der Waals surface area contributed by atoms with Crippen molar-refractivity contribution in [1.29, 1.82) is 0 Å². The minimum Gasteiger partial charge on any atom is -0.508 e. The molecule has 1 amide bonds. The van der Waals surface area contributed by atoms with Crippen LogP contribution < -0.4 is 5.32 Å². The summed E-state index contributed by atoms with van der Waals surface area (Å²) in [5.41, 5.74) is 2.83. The van der Waals surface area contributed by atoms with Crippen LogP contribution in [-0.2, 0) is 4.79 Å². The Morgan fingerprint density at radius 3 is 2.48 bits per heavy atom. The van der Waals surface area contributed by atoms with E-state index in [1.165, 1.54) is 12.1 Å². The molecule has 6 heteroatoms. The maximum absolute atomic E-state index is 10.8. The van der Waals surface area contributed by atoms with Crippen LogP contribution in [0.4, 0.5) is 5.82 Å². The average Bonchev–Trinajstić information content (AvgIpc) is 2.92. The summed E-state index contributed by atoms with van der Waals surface area (Å²) in [5.74, 6) is 0.359. The Morgan fingerprint density at radius 2 is 1.83 bits per heavy atom. The largest absolute Gasteiger partial charge is 0.508 e. The Morgan fingerprint density at radius 1 is 1.09 bits per heavy atom. The highest BCUT2D eigenvalue weighted by Gasteiger charge is 2.14. The van der Waals surface area contributed by atoms with Gasteiger partial charge >= 0.3 is 0 Å². The smallest absolute Gasteiger partial charge is 0.212 e. The zero-order valence-corrected chi connectivity index (χ0v) is 12.4. The molecule has 0 bridgehead atoms. The number of amides is 1. The van der Waals surface area contributed by atoms with Gasteiger partial charge in [0.1, 0.15) is 17.3 Å². The lowest BCUT2D eigenvalue weighted by Crippen LogP contribution is -2.04. The molecule has 3 rings (SSSR count). The number of phenols is 2. The molecular weight excluding hydrogens is 294 g/mol. The van der Waals surface area contributed by atoms with Gasteiger partial charge in [-0.15, -0.1) is 0 Å². The number of benzene rings is 2. The summed E-state index contributed by atoms with van der Waals surface area (Å²) in [5, 5.41) is 26.4. The number of aromatic hydroxyl groups is 2. The number of carbonyl (C=O) groups is 1. The van der Waals surface area contributed by atoms with Crippen LogP contribution >= 0.6 is 0 Å². The Balaban J connectivity index is 2.11. The summed E-state index contributed by atoms with van der Waals surface area (Å²) >= 11 is 0. The molecule has 0 saturated heterocycles. The number of carbonyl (C=O) groups excluding carboxylic acids is 1. The first-order valence-electron chi connectivity index (χ1n) is 6.98. The standard InChI is InChI=1S/C17H15N3O3/c1-11-2-4-12(5-3-11)20-17(18-10-21)9-15(19-20)14-7-6-13(22)8-16(14)23/h2-10,22-23H,1H3,(H,18,21). The maximum Gasteiger partial charge on any atom is 0.212 e. The topological polar surface area (TPSA) is 87.4 Å². The summed E-state index contributed by atoms with van der Waals surface area (Å²) < 4.78 is 1.58. The second-order valence-electron chi connectivity index (χ2n) is 5.13. The van der Waals surface area contributed by atoms with Crippen LogP contribution in [0.15, 0.2) is 48.5 Å². The van der Waals surface area contributed by atoms with Gasteiger partial charge in [-0.3, -0.25) is 4.79 Å². The van der Waals surface area contributed by atoms with Gasteiger partial charge in [0, 0.05) is 17.7 Å². The summed E-state index contributed by atoms with van der Waals surface area (Å²) in [6, 6.07) is 13.6. The minimum absolute atomic E-state index is 0.0320. The lowest BCUT2D eigenvalue weighted by atomic mass is 10.1. The fraction of sp³-hybridized carbons (Fsp3) is 0.0588. The molecule has 6 nitrogen and oxygen atoms in total. The number of aromatic nitrogens is 2. The molecular formula is C17H15N3O3. The molecule has 0 saturated carbocycles. The van der Waals surface area contributed by atoms with Gasteiger partial charge in [0.15, 0.2) is 0 Å². The number of nitrogens with zero attached hydrogens (tertiary/aromatic N) is 2. The summed E-state index contributed by atoms with van der Waals surface area (Å²) in [6.45, 7) is 1.98. The number of phenolic OH excluding ortho intramolecular Hbond substituents is 2. The van der Waals surface area contributed by atoms with Crippen molar-refractivity contribution in [1.82, 2.24) is 9.78 Å². The fourth-order valence-corrected chi connectivity index (χ4v) is 2.30. The highest BCUT2D eigenvalue weighted by atomic mass is 16.3. The van der Waals surface area contributed by atoms with Gasteiger partial charge in [-0.1, -0.05) is 17.7 Å². The van der Waals surface area contributed by atoms with E-state index in [1.807, 2.05) is 31.2 Å². The first kappa shape index (κ1) is 14.6. The molecule has 23 heavy (non-hydrogen) atoms. The lowest BCUT2D eigenvalue weighted by molar-refractivity contribution is -0.105. The molecule has 0 aliphatic heterocycles. The summed E-state index contributed by atoms with van der Waals surface area (Å²) in [4.78, 5) is 10.8. The van der Waals surface area contributed by atoms with Crippen molar-refractivity contribution in [3.63, 3.8) is 0 Å². The van der Waals surface area contributed by atoms with Crippen LogP contribution in [0.1, 0.15) is 5.56 Å². The van der Waals surface area contributed by atoms with Crippen molar-refractivity contribution in [2.24, 2.45) is 0 Å². The van der Waals surface area contributed by atoms with Crippen molar-refractivity contribution < 1.29 is 15.0 Å². The van der Waals surface area contributed by atoms with E-state index in [2.05, 4.69) is 10.4 Å². The van der Waals surface area contributed by atoms with Crippen molar-refractivity contribution in [3.05, 3.63) is 54.1 Å². The number of rotatable bonds is 4. The number of anilines is 1.